The Balaban J connectivity index is 1.66. The van der Waals surface area contributed by atoms with Crippen LogP contribution in [0.25, 0.3) is 0 Å². The van der Waals surface area contributed by atoms with Gasteiger partial charge in [-0.2, -0.15) is 0 Å². The molecular weight excluding hydrogens is 314 g/mol. The molecule has 0 aliphatic carbocycles. The quantitative estimate of drug-likeness (QED) is 0.931. The Bertz CT molecular complexity index is 720. The number of hydrogen-bond acceptors (Lipinski definition) is 4. The predicted molar refractivity (Wildman–Crippen MR) is 97.7 cm³/mol. The first-order valence-corrected chi connectivity index (χ1v) is 8.71. The van der Waals surface area contributed by atoms with Crippen LogP contribution in [0.5, 0.6) is 5.75 Å². The number of nitrogens with one attached hydrogen (secondary N) is 1. The molecule has 1 aromatic carbocycles. The van der Waals surface area contributed by atoms with Gasteiger partial charge in [0.1, 0.15) is 12.4 Å². The topological polar surface area (TPSA) is 54.5 Å². The monoisotopic (exact) mass is 339 g/mol. The molecule has 2 atom stereocenters. The molecule has 2 aromatic rings. The summed E-state index contributed by atoms with van der Waals surface area (Å²) in [4.78, 5) is 18.9. The number of aryl methyl sites for hydroxylation is 1. The fraction of sp³-hybridized carbons (Fsp3) is 0.400. The number of pyridine rings is 1. The lowest BCUT2D eigenvalue weighted by Gasteiger charge is -2.36. The Hall–Kier alpha value is -2.40. The second-order valence-electron chi connectivity index (χ2n) is 6.80. The van der Waals surface area contributed by atoms with Crippen LogP contribution in [0.15, 0.2) is 42.6 Å². The van der Waals surface area contributed by atoms with Gasteiger partial charge in [-0.25, -0.2) is 0 Å². The van der Waals surface area contributed by atoms with Crippen molar-refractivity contribution < 1.29 is 9.53 Å². The Morgan fingerprint density at radius 2 is 2.00 bits per heavy atom. The molecular formula is C20H25N3O2. The molecule has 1 aliphatic rings. The van der Waals surface area contributed by atoms with Gasteiger partial charge in [-0.1, -0.05) is 12.1 Å². The summed E-state index contributed by atoms with van der Waals surface area (Å²) in [6, 6.07) is 12.1. The lowest BCUT2D eigenvalue weighted by atomic mass is 10.1. The van der Waals surface area contributed by atoms with Gasteiger partial charge >= 0.3 is 0 Å². The highest BCUT2D eigenvalue weighted by molar-refractivity contribution is 5.94. The van der Waals surface area contributed by atoms with Gasteiger partial charge in [-0.15, -0.1) is 0 Å². The average molecular weight is 339 g/mol. The van der Waals surface area contributed by atoms with E-state index in [1.54, 1.807) is 6.20 Å². The van der Waals surface area contributed by atoms with Crippen molar-refractivity contribution >= 4 is 5.91 Å². The molecule has 3 rings (SSSR count). The lowest BCUT2D eigenvalue weighted by Crippen LogP contribution is -2.55. The van der Waals surface area contributed by atoms with Crippen LogP contribution < -0.4 is 10.1 Å². The minimum absolute atomic E-state index is 0.0825. The van der Waals surface area contributed by atoms with Crippen LogP contribution in [0.2, 0.25) is 0 Å². The molecule has 25 heavy (non-hydrogen) atoms. The first-order chi connectivity index (χ1) is 12.0. The van der Waals surface area contributed by atoms with Crippen molar-refractivity contribution in [3.05, 3.63) is 59.4 Å². The SMILES string of the molecule is Cc1ccc(OCc2cccc(C(=O)N3C[C@@H](C)N[C@@H](C)C3)c2)cn1. The van der Waals surface area contributed by atoms with Gasteiger partial charge < -0.3 is 15.0 Å². The number of amides is 1. The molecule has 1 saturated heterocycles. The van der Waals surface area contributed by atoms with Crippen molar-refractivity contribution in [1.29, 1.82) is 0 Å². The largest absolute Gasteiger partial charge is 0.487 e. The van der Waals surface area contributed by atoms with Crippen LogP contribution in [-0.4, -0.2) is 41.0 Å². The summed E-state index contributed by atoms with van der Waals surface area (Å²) in [5, 5.41) is 3.45. The van der Waals surface area contributed by atoms with E-state index in [0.29, 0.717) is 24.3 Å². The number of piperazine rings is 1. The van der Waals surface area contributed by atoms with Gasteiger partial charge in [-0.05, 0) is 50.6 Å². The second kappa shape index (κ2) is 7.66. The Morgan fingerprint density at radius 1 is 1.24 bits per heavy atom. The molecule has 0 unspecified atom stereocenters. The molecule has 0 spiro atoms. The highest BCUT2D eigenvalue weighted by Crippen LogP contribution is 2.15. The van der Waals surface area contributed by atoms with E-state index in [2.05, 4.69) is 24.1 Å². The molecule has 1 N–H and O–H groups in total. The maximum Gasteiger partial charge on any atom is 0.253 e. The third-order valence-corrected chi connectivity index (χ3v) is 4.31. The van der Waals surface area contributed by atoms with Gasteiger partial charge in [0.05, 0.1) is 6.20 Å². The van der Waals surface area contributed by atoms with E-state index in [9.17, 15) is 4.79 Å². The Labute approximate surface area is 149 Å². The predicted octanol–water partition coefficient (Wildman–Crippen LogP) is 2.79. The summed E-state index contributed by atoms with van der Waals surface area (Å²) in [6.45, 7) is 8.04. The summed E-state index contributed by atoms with van der Waals surface area (Å²) < 4.78 is 5.76. The van der Waals surface area contributed by atoms with E-state index in [-0.39, 0.29) is 5.91 Å². The fourth-order valence-electron chi connectivity index (χ4n) is 3.18. The van der Waals surface area contributed by atoms with Crippen molar-refractivity contribution in [1.82, 2.24) is 15.2 Å². The number of aromatic nitrogens is 1. The number of benzene rings is 1. The normalized spacial score (nSPS) is 20.4. The minimum atomic E-state index is 0.0825. The average Bonchev–Trinajstić information content (AvgIpc) is 2.60. The fourth-order valence-corrected chi connectivity index (χ4v) is 3.18. The molecule has 5 heteroatoms. The maximum absolute atomic E-state index is 12.8. The molecule has 132 valence electrons. The third kappa shape index (κ3) is 4.57. The molecule has 0 radical (unpaired) electrons. The van der Waals surface area contributed by atoms with E-state index in [1.165, 1.54) is 0 Å². The highest BCUT2D eigenvalue weighted by Gasteiger charge is 2.25. The first kappa shape index (κ1) is 17.4. The van der Waals surface area contributed by atoms with E-state index >= 15 is 0 Å². The maximum atomic E-state index is 12.8. The van der Waals surface area contributed by atoms with Crippen LogP contribution in [0.4, 0.5) is 0 Å². The number of nitrogens with zero attached hydrogens (tertiary/aromatic N) is 2. The molecule has 1 fully saturated rings. The number of hydrogen-bond donors (Lipinski definition) is 1. The van der Waals surface area contributed by atoms with Gasteiger partial charge in [0, 0.05) is 36.4 Å². The summed E-state index contributed by atoms with van der Waals surface area (Å²) in [6.07, 6.45) is 1.72. The zero-order valence-electron chi connectivity index (χ0n) is 15.0. The van der Waals surface area contributed by atoms with Gasteiger partial charge in [0.25, 0.3) is 5.91 Å². The van der Waals surface area contributed by atoms with Gasteiger partial charge in [0.15, 0.2) is 0 Å². The molecule has 0 bridgehead atoms. The molecule has 2 heterocycles. The summed E-state index contributed by atoms with van der Waals surface area (Å²) in [5.74, 6) is 0.811. The number of rotatable bonds is 4. The van der Waals surface area contributed by atoms with Gasteiger partial charge in [-0.3, -0.25) is 9.78 Å². The van der Waals surface area contributed by atoms with E-state index < -0.39 is 0 Å². The number of ether oxygens (including phenoxy) is 1. The van der Waals surface area contributed by atoms with Crippen LogP contribution >= 0.6 is 0 Å². The summed E-state index contributed by atoms with van der Waals surface area (Å²) >= 11 is 0. The number of carbonyl (C=O) groups excluding carboxylic acids is 1. The van der Waals surface area contributed by atoms with Crippen LogP contribution in [0.3, 0.4) is 0 Å². The third-order valence-electron chi connectivity index (χ3n) is 4.31. The Morgan fingerprint density at radius 3 is 2.68 bits per heavy atom. The Kier molecular flexibility index (Phi) is 5.34. The van der Waals surface area contributed by atoms with Crippen molar-refractivity contribution in [3.63, 3.8) is 0 Å². The van der Waals surface area contributed by atoms with Crippen molar-refractivity contribution in [2.24, 2.45) is 0 Å². The zero-order chi connectivity index (χ0) is 17.8. The summed E-state index contributed by atoms with van der Waals surface area (Å²) in [5.41, 5.74) is 2.64. The van der Waals surface area contributed by atoms with Crippen LogP contribution in [-0.2, 0) is 6.61 Å². The van der Waals surface area contributed by atoms with Gasteiger partial charge in [0.2, 0.25) is 0 Å². The smallest absolute Gasteiger partial charge is 0.253 e. The van der Waals surface area contributed by atoms with Crippen LogP contribution in [0, 0.1) is 6.92 Å². The molecule has 1 amide bonds. The molecule has 1 aromatic heterocycles. The summed E-state index contributed by atoms with van der Waals surface area (Å²) in [7, 11) is 0. The standard InChI is InChI=1S/C20H25N3O2/c1-14-7-8-19(10-21-14)25-13-17-5-4-6-18(9-17)20(24)23-11-15(2)22-16(3)12-23/h4-10,15-16,22H,11-13H2,1-3H3/t15-,16+. The van der Waals surface area contributed by atoms with E-state index in [1.807, 2.05) is 48.2 Å². The second-order valence-corrected chi connectivity index (χ2v) is 6.80. The van der Waals surface area contributed by atoms with Crippen LogP contribution in [0.1, 0.15) is 35.5 Å². The molecule has 1 aliphatic heterocycles. The van der Waals surface area contributed by atoms with Crippen molar-refractivity contribution in [2.75, 3.05) is 13.1 Å². The minimum Gasteiger partial charge on any atom is -0.487 e. The highest BCUT2D eigenvalue weighted by atomic mass is 16.5. The zero-order valence-corrected chi connectivity index (χ0v) is 15.0. The first-order valence-electron chi connectivity index (χ1n) is 8.71. The van der Waals surface area contributed by atoms with E-state index in [4.69, 9.17) is 4.74 Å². The number of carbonyl (C=O) groups is 1. The molecule has 5 nitrogen and oxygen atoms in total. The van der Waals surface area contributed by atoms with Crippen molar-refractivity contribution in [2.45, 2.75) is 39.5 Å². The lowest BCUT2D eigenvalue weighted by molar-refractivity contribution is 0.0673. The van der Waals surface area contributed by atoms with E-state index in [0.717, 1.165) is 30.1 Å². The van der Waals surface area contributed by atoms with Crippen molar-refractivity contribution in [3.8, 4) is 5.75 Å². The molecule has 0 saturated carbocycles.